The van der Waals surface area contributed by atoms with Crippen molar-refractivity contribution in [1.82, 2.24) is 5.32 Å². The van der Waals surface area contributed by atoms with Crippen LogP contribution in [0.3, 0.4) is 0 Å². The van der Waals surface area contributed by atoms with Gasteiger partial charge < -0.3 is 20.4 Å². The molecule has 0 radical (unpaired) electrons. The normalized spacial score (nSPS) is 30.2. The first-order valence-corrected chi connectivity index (χ1v) is 11.3. The average Bonchev–Trinajstić information content (AvgIpc) is 2.78. The molecule has 5 nitrogen and oxygen atoms in total. The highest BCUT2D eigenvalue weighted by molar-refractivity contribution is 5.94. The van der Waals surface area contributed by atoms with Gasteiger partial charge in [0.25, 0.3) is 0 Å². The van der Waals surface area contributed by atoms with Crippen LogP contribution in [0.25, 0.3) is 0 Å². The number of nitrogens with one attached hydrogen (secondary N) is 2. The Balaban J connectivity index is 1.56. The third-order valence-electron chi connectivity index (χ3n) is 7.41. The summed E-state index contributed by atoms with van der Waals surface area (Å²) in [6.07, 6.45) is 2.53. The van der Waals surface area contributed by atoms with Crippen LogP contribution < -0.4 is 20.4 Å². The predicted molar refractivity (Wildman–Crippen MR) is 123 cm³/mol. The van der Waals surface area contributed by atoms with Gasteiger partial charge in [-0.3, -0.25) is 4.79 Å². The fourth-order valence-corrected chi connectivity index (χ4v) is 5.61. The summed E-state index contributed by atoms with van der Waals surface area (Å²) in [7, 11) is 0. The Hall–Kier alpha value is -2.53. The number of piperazine rings is 1. The van der Waals surface area contributed by atoms with E-state index in [1.165, 1.54) is 24.1 Å². The summed E-state index contributed by atoms with van der Waals surface area (Å²) in [5.74, 6) is 0.402. The van der Waals surface area contributed by atoms with Crippen molar-refractivity contribution in [3.05, 3.63) is 54.1 Å². The van der Waals surface area contributed by atoms with E-state index < -0.39 is 0 Å². The van der Waals surface area contributed by atoms with Gasteiger partial charge in [-0.1, -0.05) is 25.1 Å². The summed E-state index contributed by atoms with van der Waals surface area (Å²) in [6, 6.07) is 18.6. The lowest BCUT2D eigenvalue weighted by Crippen LogP contribution is -2.61. The molecule has 5 heteroatoms. The SMILES string of the molecule is CC(=O)N1c2ccc(N3CC4CCC3CN4)cc2C(Nc2ccccc2)C(C)C1C. The first-order chi connectivity index (χ1) is 14.5. The number of piperidine rings is 2. The molecule has 2 aromatic carbocycles. The van der Waals surface area contributed by atoms with Gasteiger partial charge in [-0.2, -0.15) is 0 Å². The zero-order valence-electron chi connectivity index (χ0n) is 18.1. The second kappa shape index (κ2) is 7.62. The molecule has 0 aromatic heterocycles. The van der Waals surface area contributed by atoms with Crippen LogP contribution in [-0.4, -0.2) is 37.1 Å². The van der Waals surface area contributed by atoms with Gasteiger partial charge in [0.15, 0.2) is 0 Å². The molecule has 3 saturated heterocycles. The molecule has 2 bridgehead atoms. The van der Waals surface area contributed by atoms with E-state index in [2.05, 4.69) is 71.8 Å². The Morgan fingerprint density at radius 3 is 2.53 bits per heavy atom. The number of anilines is 3. The predicted octanol–water partition coefficient (Wildman–Crippen LogP) is 4.17. The summed E-state index contributed by atoms with van der Waals surface area (Å²) in [5.41, 5.74) is 4.68. The molecule has 6 rings (SSSR count). The topological polar surface area (TPSA) is 47.6 Å². The van der Waals surface area contributed by atoms with Crippen LogP contribution in [0.5, 0.6) is 0 Å². The van der Waals surface area contributed by atoms with Gasteiger partial charge in [-0.25, -0.2) is 0 Å². The van der Waals surface area contributed by atoms with E-state index in [0.29, 0.717) is 12.1 Å². The number of hydrogen-bond acceptors (Lipinski definition) is 4. The summed E-state index contributed by atoms with van der Waals surface area (Å²) in [4.78, 5) is 17.1. The van der Waals surface area contributed by atoms with Crippen molar-refractivity contribution in [2.75, 3.05) is 28.2 Å². The molecule has 4 heterocycles. The Kier molecular flexibility index (Phi) is 4.94. The fraction of sp³-hybridized carbons (Fsp3) is 0.480. The molecule has 2 aromatic rings. The lowest BCUT2D eigenvalue weighted by Gasteiger charge is -2.48. The Morgan fingerprint density at radius 2 is 1.90 bits per heavy atom. The number of rotatable bonds is 3. The molecule has 4 aliphatic rings. The van der Waals surface area contributed by atoms with Gasteiger partial charge in [0.2, 0.25) is 5.91 Å². The summed E-state index contributed by atoms with van der Waals surface area (Å²) < 4.78 is 0. The summed E-state index contributed by atoms with van der Waals surface area (Å²) in [5, 5.41) is 7.42. The monoisotopic (exact) mass is 404 g/mol. The quantitative estimate of drug-likeness (QED) is 0.806. The van der Waals surface area contributed by atoms with Gasteiger partial charge in [0, 0.05) is 66.7 Å². The van der Waals surface area contributed by atoms with Crippen molar-refractivity contribution in [2.24, 2.45) is 5.92 Å². The molecule has 0 spiro atoms. The zero-order valence-corrected chi connectivity index (χ0v) is 18.1. The van der Waals surface area contributed by atoms with Crippen molar-refractivity contribution < 1.29 is 4.79 Å². The van der Waals surface area contributed by atoms with E-state index in [-0.39, 0.29) is 23.9 Å². The van der Waals surface area contributed by atoms with E-state index in [4.69, 9.17) is 0 Å². The van der Waals surface area contributed by atoms with Crippen LogP contribution in [0.4, 0.5) is 17.1 Å². The maximum Gasteiger partial charge on any atom is 0.224 e. The number of carbonyl (C=O) groups is 1. The standard InChI is InChI=1S/C25H32N4O/c1-16-17(2)29(18(3)30)24-12-11-21(28-15-20-9-10-22(28)14-26-20)13-23(24)25(16)27-19-7-5-4-6-8-19/h4-8,11-13,16-17,20,22,25-27H,9-10,14-15H2,1-3H3. The van der Waals surface area contributed by atoms with Crippen molar-refractivity contribution in [3.63, 3.8) is 0 Å². The van der Waals surface area contributed by atoms with Crippen molar-refractivity contribution >= 4 is 23.0 Å². The second-order valence-corrected chi connectivity index (χ2v) is 9.21. The minimum absolute atomic E-state index is 0.114. The third kappa shape index (κ3) is 3.25. The fourth-order valence-electron chi connectivity index (χ4n) is 5.61. The van der Waals surface area contributed by atoms with Crippen LogP contribution in [-0.2, 0) is 4.79 Å². The minimum Gasteiger partial charge on any atom is -0.378 e. The highest BCUT2D eigenvalue weighted by atomic mass is 16.2. The molecule has 0 aliphatic carbocycles. The van der Waals surface area contributed by atoms with Crippen LogP contribution in [0.1, 0.15) is 45.2 Å². The Bertz CT molecular complexity index is 922. The van der Waals surface area contributed by atoms with E-state index in [0.717, 1.165) is 24.5 Å². The molecule has 5 atom stereocenters. The van der Waals surface area contributed by atoms with E-state index >= 15 is 0 Å². The second-order valence-electron chi connectivity index (χ2n) is 9.21. The number of hydrogen-bond donors (Lipinski definition) is 2. The van der Waals surface area contributed by atoms with E-state index in [9.17, 15) is 4.79 Å². The Morgan fingerprint density at radius 1 is 1.10 bits per heavy atom. The first kappa shape index (κ1) is 19.4. The largest absolute Gasteiger partial charge is 0.378 e. The molecule has 4 aliphatic heterocycles. The molecule has 0 saturated carbocycles. The van der Waals surface area contributed by atoms with Gasteiger partial charge in [0.05, 0.1) is 6.04 Å². The van der Waals surface area contributed by atoms with Gasteiger partial charge in [-0.05, 0) is 50.1 Å². The van der Waals surface area contributed by atoms with Crippen LogP contribution in [0, 0.1) is 5.92 Å². The van der Waals surface area contributed by atoms with Crippen LogP contribution >= 0.6 is 0 Å². The molecular weight excluding hydrogens is 372 g/mol. The number of para-hydroxylation sites is 1. The van der Waals surface area contributed by atoms with Crippen LogP contribution in [0.15, 0.2) is 48.5 Å². The summed E-state index contributed by atoms with van der Waals surface area (Å²) >= 11 is 0. The maximum absolute atomic E-state index is 12.6. The lowest BCUT2D eigenvalue weighted by atomic mass is 9.82. The molecule has 5 unspecified atom stereocenters. The highest BCUT2D eigenvalue weighted by Crippen LogP contribution is 2.44. The van der Waals surface area contributed by atoms with Gasteiger partial charge >= 0.3 is 0 Å². The smallest absolute Gasteiger partial charge is 0.224 e. The van der Waals surface area contributed by atoms with Crippen molar-refractivity contribution in [1.29, 1.82) is 0 Å². The molecular formula is C25H32N4O. The molecule has 30 heavy (non-hydrogen) atoms. The molecule has 2 N–H and O–H groups in total. The highest BCUT2D eigenvalue weighted by Gasteiger charge is 2.39. The summed E-state index contributed by atoms with van der Waals surface area (Å²) in [6.45, 7) is 8.24. The maximum atomic E-state index is 12.6. The van der Waals surface area contributed by atoms with Crippen molar-refractivity contribution in [3.8, 4) is 0 Å². The third-order valence-corrected chi connectivity index (χ3v) is 7.41. The van der Waals surface area contributed by atoms with E-state index in [1.807, 2.05) is 11.0 Å². The molecule has 3 fully saturated rings. The number of amides is 1. The zero-order chi connectivity index (χ0) is 20.8. The average molecular weight is 405 g/mol. The Labute approximate surface area is 179 Å². The van der Waals surface area contributed by atoms with Gasteiger partial charge in [0.1, 0.15) is 0 Å². The van der Waals surface area contributed by atoms with Gasteiger partial charge in [-0.15, -0.1) is 0 Å². The molecule has 158 valence electrons. The first-order valence-electron chi connectivity index (χ1n) is 11.3. The number of carbonyl (C=O) groups excluding carboxylic acids is 1. The number of nitrogens with zero attached hydrogens (tertiary/aromatic N) is 2. The van der Waals surface area contributed by atoms with E-state index in [1.54, 1.807) is 6.92 Å². The van der Waals surface area contributed by atoms with Crippen LogP contribution in [0.2, 0.25) is 0 Å². The number of benzene rings is 2. The lowest BCUT2D eigenvalue weighted by molar-refractivity contribution is -0.117. The minimum atomic E-state index is 0.114. The number of fused-ring (bicyclic) bond motifs is 4. The van der Waals surface area contributed by atoms with Crippen molar-refractivity contribution in [2.45, 2.75) is 57.8 Å². The molecule has 1 amide bonds.